The smallest absolute Gasteiger partial charge is 0.178 e. The third-order valence-corrected chi connectivity index (χ3v) is 6.01. The molecule has 5 aromatic heterocycles. The first-order chi connectivity index (χ1) is 17.4. The molecule has 178 valence electrons. The highest BCUT2D eigenvalue weighted by molar-refractivity contribution is 5.96. The van der Waals surface area contributed by atoms with Gasteiger partial charge in [0.2, 0.25) is 0 Å². The number of imidazole rings is 1. The van der Waals surface area contributed by atoms with E-state index in [1.54, 1.807) is 12.4 Å². The van der Waals surface area contributed by atoms with E-state index in [0.29, 0.717) is 17.2 Å². The second-order valence-electron chi connectivity index (χ2n) is 9.17. The number of aromatic nitrogens is 7. The van der Waals surface area contributed by atoms with E-state index in [2.05, 4.69) is 41.1 Å². The summed E-state index contributed by atoms with van der Waals surface area (Å²) < 4.78 is 14.1. The van der Waals surface area contributed by atoms with Crippen molar-refractivity contribution in [1.29, 1.82) is 0 Å². The van der Waals surface area contributed by atoms with Gasteiger partial charge in [-0.1, -0.05) is 6.07 Å². The maximum atomic E-state index is 14.1. The van der Waals surface area contributed by atoms with Gasteiger partial charge in [0.1, 0.15) is 11.5 Å². The van der Waals surface area contributed by atoms with Crippen molar-refractivity contribution in [3.63, 3.8) is 0 Å². The van der Waals surface area contributed by atoms with Gasteiger partial charge in [-0.05, 0) is 68.0 Å². The molecule has 0 saturated heterocycles. The van der Waals surface area contributed by atoms with Crippen LogP contribution in [-0.4, -0.2) is 54.1 Å². The molecule has 0 aliphatic carbocycles. The Morgan fingerprint density at radius 2 is 1.86 bits per heavy atom. The van der Waals surface area contributed by atoms with Crippen LogP contribution in [-0.2, 0) is 6.54 Å². The van der Waals surface area contributed by atoms with Gasteiger partial charge in [0, 0.05) is 41.6 Å². The Morgan fingerprint density at radius 1 is 0.972 bits per heavy atom. The highest BCUT2D eigenvalue weighted by atomic mass is 19.1. The number of aromatic amines is 2. The zero-order valence-corrected chi connectivity index (χ0v) is 20.0. The summed E-state index contributed by atoms with van der Waals surface area (Å²) in [5.41, 5.74) is 7.98. The molecule has 0 spiro atoms. The minimum absolute atomic E-state index is 0.280. The standard InChI is InChI=1S/C27H23FN8/c1-15-6-17(9-19(28)7-15)20-4-5-30-26-24(20)32-27(33-26)25-21-10-22(31-13-23(21)34-35-25)18-8-16(11-29-12-18)14-36(2)3/h4-13H,14H2,1-3H3,(H,34,35)(H,30,32,33). The monoisotopic (exact) mass is 478 g/mol. The molecule has 0 aliphatic rings. The molecular formula is C27H23FN8. The normalized spacial score (nSPS) is 11.7. The van der Waals surface area contributed by atoms with Crippen molar-refractivity contribution < 1.29 is 4.39 Å². The molecule has 0 atom stereocenters. The zero-order valence-electron chi connectivity index (χ0n) is 20.0. The van der Waals surface area contributed by atoms with Gasteiger partial charge in [0.25, 0.3) is 0 Å². The highest BCUT2D eigenvalue weighted by Crippen LogP contribution is 2.32. The number of aryl methyl sites for hydroxylation is 1. The number of hydrogen-bond donors (Lipinski definition) is 2. The summed E-state index contributed by atoms with van der Waals surface area (Å²) in [7, 11) is 4.05. The van der Waals surface area contributed by atoms with Crippen molar-refractivity contribution >= 4 is 22.1 Å². The van der Waals surface area contributed by atoms with Gasteiger partial charge >= 0.3 is 0 Å². The fraction of sp³-hybridized carbons (Fsp3) is 0.148. The first kappa shape index (κ1) is 22.0. The average Bonchev–Trinajstić information content (AvgIpc) is 3.46. The third-order valence-electron chi connectivity index (χ3n) is 6.01. The molecule has 1 aromatic carbocycles. The Hall–Kier alpha value is -4.50. The number of H-pyrrole nitrogens is 2. The topological polar surface area (TPSA) is 99.3 Å². The number of rotatable bonds is 5. The number of fused-ring (bicyclic) bond motifs is 2. The molecule has 8 nitrogen and oxygen atoms in total. The number of pyridine rings is 3. The van der Waals surface area contributed by atoms with Gasteiger partial charge in [-0.25, -0.2) is 14.4 Å². The van der Waals surface area contributed by atoms with E-state index < -0.39 is 0 Å². The number of hydrogen-bond acceptors (Lipinski definition) is 6. The largest absolute Gasteiger partial charge is 0.335 e. The first-order valence-electron chi connectivity index (χ1n) is 11.5. The Balaban J connectivity index is 1.45. The van der Waals surface area contributed by atoms with E-state index in [1.165, 1.54) is 12.1 Å². The molecule has 2 N–H and O–H groups in total. The number of nitrogens with one attached hydrogen (secondary N) is 2. The molecule has 0 bridgehead atoms. The van der Waals surface area contributed by atoms with Gasteiger partial charge in [0.05, 0.1) is 22.9 Å². The van der Waals surface area contributed by atoms with Crippen LogP contribution in [0.3, 0.4) is 0 Å². The van der Waals surface area contributed by atoms with Crippen LogP contribution in [0.1, 0.15) is 11.1 Å². The van der Waals surface area contributed by atoms with Crippen LogP contribution < -0.4 is 0 Å². The van der Waals surface area contributed by atoms with E-state index in [4.69, 9.17) is 4.98 Å². The lowest BCUT2D eigenvalue weighted by atomic mass is 10.0. The predicted molar refractivity (Wildman–Crippen MR) is 138 cm³/mol. The van der Waals surface area contributed by atoms with E-state index in [0.717, 1.165) is 56.5 Å². The summed E-state index contributed by atoms with van der Waals surface area (Å²) in [6, 6.07) is 10.9. The molecule has 9 heteroatoms. The minimum atomic E-state index is -0.280. The van der Waals surface area contributed by atoms with Gasteiger partial charge in [-0.2, -0.15) is 5.10 Å². The van der Waals surface area contributed by atoms with Crippen molar-refractivity contribution in [2.75, 3.05) is 14.1 Å². The fourth-order valence-corrected chi connectivity index (χ4v) is 4.49. The molecule has 0 aliphatic heterocycles. The van der Waals surface area contributed by atoms with Crippen LogP contribution in [0.25, 0.3) is 56.0 Å². The van der Waals surface area contributed by atoms with Gasteiger partial charge in [-0.3, -0.25) is 15.1 Å². The number of halogens is 1. The summed E-state index contributed by atoms with van der Waals surface area (Å²) in [5.74, 6) is 0.290. The quantitative estimate of drug-likeness (QED) is 0.356. The maximum absolute atomic E-state index is 14.1. The summed E-state index contributed by atoms with van der Waals surface area (Å²) >= 11 is 0. The second kappa shape index (κ2) is 8.62. The molecule has 5 heterocycles. The van der Waals surface area contributed by atoms with Crippen molar-refractivity contribution in [2.45, 2.75) is 13.5 Å². The Kier molecular flexibility index (Phi) is 5.26. The van der Waals surface area contributed by atoms with Crippen LogP contribution in [0.5, 0.6) is 0 Å². The van der Waals surface area contributed by atoms with Crippen LogP contribution in [0.4, 0.5) is 4.39 Å². The molecule has 0 fully saturated rings. The highest BCUT2D eigenvalue weighted by Gasteiger charge is 2.17. The predicted octanol–water partition coefficient (Wildman–Crippen LogP) is 5.13. The van der Waals surface area contributed by atoms with Crippen molar-refractivity contribution in [3.05, 3.63) is 78.1 Å². The van der Waals surface area contributed by atoms with Crippen LogP contribution in [0.2, 0.25) is 0 Å². The lowest BCUT2D eigenvalue weighted by Gasteiger charge is -2.10. The molecule has 0 amide bonds. The summed E-state index contributed by atoms with van der Waals surface area (Å²) in [4.78, 5) is 23.6. The van der Waals surface area contributed by atoms with Crippen molar-refractivity contribution in [1.82, 2.24) is 40.0 Å². The van der Waals surface area contributed by atoms with Crippen LogP contribution in [0.15, 0.2) is 61.2 Å². The molecular weight excluding hydrogens is 455 g/mol. The summed E-state index contributed by atoms with van der Waals surface area (Å²) in [6.07, 6.45) is 7.12. The maximum Gasteiger partial charge on any atom is 0.178 e. The second-order valence-corrected chi connectivity index (χ2v) is 9.17. The van der Waals surface area contributed by atoms with Crippen LogP contribution >= 0.6 is 0 Å². The van der Waals surface area contributed by atoms with Gasteiger partial charge < -0.3 is 9.88 Å². The lowest BCUT2D eigenvalue weighted by Crippen LogP contribution is -2.10. The van der Waals surface area contributed by atoms with Crippen LogP contribution in [0, 0.1) is 12.7 Å². The molecule has 0 saturated carbocycles. The third kappa shape index (κ3) is 3.99. The molecule has 0 unspecified atom stereocenters. The number of benzene rings is 1. The number of nitrogens with zero attached hydrogens (tertiary/aromatic N) is 6. The Bertz CT molecular complexity index is 1710. The van der Waals surface area contributed by atoms with Gasteiger partial charge in [-0.15, -0.1) is 0 Å². The summed E-state index contributed by atoms with van der Waals surface area (Å²) in [5, 5.41) is 8.43. The molecule has 6 rings (SSSR count). The van der Waals surface area contributed by atoms with Gasteiger partial charge in [0.15, 0.2) is 11.5 Å². The van der Waals surface area contributed by atoms with E-state index in [1.807, 2.05) is 51.6 Å². The SMILES string of the molecule is Cc1cc(F)cc(-c2ccnc3nc(-c4n[nH]c5cnc(-c6cncc(CN(C)C)c6)cc45)[nH]c23)c1. The van der Waals surface area contributed by atoms with Crippen molar-refractivity contribution in [2.24, 2.45) is 0 Å². The zero-order chi connectivity index (χ0) is 24.8. The molecule has 36 heavy (non-hydrogen) atoms. The van der Waals surface area contributed by atoms with Crippen molar-refractivity contribution in [3.8, 4) is 33.9 Å². The Labute approximate surface area is 206 Å². The Morgan fingerprint density at radius 3 is 2.69 bits per heavy atom. The average molecular weight is 479 g/mol. The minimum Gasteiger partial charge on any atom is -0.335 e. The van der Waals surface area contributed by atoms with E-state index in [-0.39, 0.29) is 5.82 Å². The molecule has 0 radical (unpaired) electrons. The lowest BCUT2D eigenvalue weighted by molar-refractivity contribution is 0.402. The van der Waals surface area contributed by atoms with E-state index in [9.17, 15) is 4.39 Å². The van der Waals surface area contributed by atoms with E-state index >= 15 is 0 Å². The fourth-order valence-electron chi connectivity index (χ4n) is 4.49. The summed E-state index contributed by atoms with van der Waals surface area (Å²) in [6.45, 7) is 2.66. The first-order valence-corrected chi connectivity index (χ1v) is 11.5. The molecule has 6 aromatic rings.